The first-order valence-corrected chi connectivity index (χ1v) is 8.61. The lowest BCUT2D eigenvalue weighted by atomic mass is 10.3. The molecule has 1 fully saturated rings. The molecule has 82 valence electrons. The van der Waals surface area contributed by atoms with Crippen LogP contribution < -0.4 is 0 Å². The van der Waals surface area contributed by atoms with E-state index in [2.05, 4.69) is 19.6 Å². The zero-order chi connectivity index (χ0) is 10.3. The van der Waals surface area contributed by atoms with E-state index in [9.17, 15) is 0 Å². The number of hydrogen-bond acceptors (Lipinski definition) is 1. The first-order chi connectivity index (χ1) is 6.83. The van der Waals surface area contributed by atoms with Crippen molar-refractivity contribution in [2.45, 2.75) is 57.2 Å². The predicted octanol–water partition coefficient (Wildman–Crippen LogP) is 4.12. The van der Waals surface area contributed by atoms with Gasteiger partial charge >= 0.3 is 0 Å². The minimum atomic E-state index is -1.34. The molecule has 0 saturated carbocycles. The van der Waals surface area contributed by atoms with Crippen molar-refractivity contribution in [2.24, 2.45) is 0 Å². The van der Waals surface area contributed by atoms with E-state index in [-0.39, 0.29) is 0 Å². The van der Waals surface area contributed by atoms with Crippen LogP contribution in [0.3, 0.4) is 0 Å². The van der Waals surface area contributed by atoms with Crippen LogP contribution in [0.4, 0.5) is 0 Å². The molecule has 0 amide bonds. The predicted molar refractivity (Wildman–Crippen MR) is 65.1 cm³/mol. The summed E-state index contributed by atoms with van der Waals surface area (Å²) in [5.41, 5.74) is 0. The molecule has 1 atom stereocenters. The molecule has 1 unspecified atom stereocenters. The van der Waals surface area contributed by atoms with E-state index in [4.69, 9.17) is 4.43 Å². The molecular formula is C12H24OSi. The second-order valence-electron chi connectivity index (χ2n) is 4.44. The van der Waals surface area contributed by atoms with Crippen molar-refractivity contribution in [3.8, 4) is 0 Å². The van der Waals surface area contributed by atoms with E-state index < -0.39 is 8.32 Å². The Morgan fingerprint density at radius 1 is 1.36 bits per heavy atom. The van der Waals surface area contributed by atoms with Gasteiger partial charge in [0.2, 0.25) is 0 Å². The van der Waals surface area contributed by atoms with E-state index in [1.165, 1.54) is 50.2 Å². The van der Waals surface area contributed by atoms with Gasteiger partial charge in [0.1, 0.15) is 0 Å². The highest BCUT2D eigenvalue weighted by molar-refractivity contribution is 6.74. The molecule has 2 heteroatoms. The summed E-state index contributed by atoms with van der Waals surface area (Å²) in [5, 5.41) is 0. The monoisotopic (exact) mass is 212 g/mol. The Hall–Kier alpha value is -0.0831. The normalized spacial score (nSPS) is 27.5. The maximum atomic E-state index is 6.12. The molecule has 1 aliphatic heterocycles. The summed E-state index contributed by atoms with van der Waals surface area (Å²) in [6.07, 6.45) is 8.82. The van der Waals surface area contributed by atoms with Crippen molar-refractivity contribution in [3.63, 3.8) is 0 Å². The SMILES string of the molecule is C=CC[Si]1(CCCCC)CCCCO1. The molecule has 0 N–H and O–H groups in total. The van der Waals surface area contributed by atoms with Crippen molar-refractivity contribution in [1.82, 2.24) is 0 Å². The van der Waals surface area contributed by atoms with Gasteiger partial charge in [-0.05, 0) is 24.6 Å². The second-order valence-corrected chi connectivity index (χ2v) is 8.50. The first-order valence-electron chi connectivity index (χ1n) is 6.08. The van der Waals surface area contributed by atoms with Crippen LogP contribution in [-0.4, -0.2) is 14.9 Å². The fraction of sp³-hybridized carbons (Fsp3) is 0.833. The molecule has 1 aliphatic rings. The van der Waals surface area contributed by atoms with Gasteiger partial charge in [0, 0.05) is 6.61 Å². The minimum absolute atomic E-state index is 1.02. The smallest absolute Gasteiger partial charge is 0.196 e. The summed E-state index contributed by atoms with van der Waals surface area (Å²) < 4.78 is 6.12. The number of allylic oxidation sites excluding steroid dienone is 1. The Labute approximate surface area is 89.7 Å². The number of unbranched alkanes of at least 4 members (excludes halogenated alkanes) is 2. The highest BCUT2D eigenvalue weighted by atomic mass is 28.4. The Morgan fingerprint density at radius 3 is 2.79 bits per heavy atom. The largest absolute Gasteiger partial charge is 0.416 e. The molecule has 0 bridgehead atoms. The second kappa shape index (κ2) is 6.41. The van der Waals surface area contributed by atoms with Crippen LogP contribution in [-0.2, 0) is 4.43 Å². The fourth-order valence-corrected chi connectivity index (χ4v) is 6.29. The van der Waals surface area contributed by atoms with Crippen molar-refractivity contribution >= 4 is 8.32 Å². The summed E-state index contributed by atoms with van der Waals surface area (Å²) in [5.74, 6) is 0. The highest BCUT2D eigenvalue weighted by Gasteiger charge is 2.34. The van der Waals surface area contributed by atoms with Crippen LogP contribution in [0, 0.1) is 0 Å². The van der Waals surface area contributed by atoms with Crippen molar-refractivity contribution in [3.05, 3.63) is 12.7 Å². The summed E-state index contributed by atoms with van der Waals surface area (Å²) in [4.78, 5) is 0. The average Bonchev–Trinajstić information content (AvgIpc) is 2.20. The summed E-state index contributed by atoms with van der Waals surface area (Å²) in [7, 11) is -1.34. The highest BCUT2D eigenvalue weighted by Crippen LogP contribution is 2.31. The van der Waals surface area contributed by atoms with Crippen LogP contribution in [0.5, 0.6) is 0 Å². The topological polar surface area (TPSA) is 9.23 Å². The zero-order valence-electron chi connectivity index (χ0n) is 9.56. The van der Waals surface area contributed by atoms with Crippen LogP contribution >= 0.6 is 0 Å². The third-order valence-electron chi connectivity index (χ3n) is 3.19. The molecule has 1 saturated heterocycles. The fourth-order valence-electron chi connectivity index (χ4n) is 2.33. The summed E-state index contributed by atoms with van der Waals surface area (Å²) in [6, 6.07) is 3.92. The molecule has 0 radical (unpaired) electrons. The van der Waals surface area contributed by atoms with E-state index >= 15 is 0 Å². The maximum Gasteiger partial charge on any atom is 0.196 e. The van der Waals surface area contributed by atoms with E-state index in [0.717, 1.165) is 6.61 Å². The Kier molecular flexibility index (Phi) is 5.49. The summed E-state index contributed by atoms with van der Waals surface area (Å²) in [6.45, 7) is 7.17. The maximum absolute atomic E-state index is 6.12. The molecule has 0 aromatic heterocycles. The molecular weight excluding hydrogens is 188 g/mol. The standard InChI is InChI=1S/C12H24OSi/c1-3-5-7-11-14(10-4-2)12-8-6-9-13-14/h4H,2-3,5-12H2,1H3. The van der Waals surface area contributed by atoms with Gasteiger partial charge in [-0.25, -0.2) is 0 Å². The van der Waals surface area contributed by atoms with Crippen molar-refractivity contribution in [2.75, 3.05) is 6.61 Å². The van der Waals surface area contributed by atoms with Gasteiger partial charge in [-0.2, -0.15) is 0 Å². The molecule has 0 spiro atoms. The van der Waals surface area contributed by atoms with Crippen molar-refractivity contribution in [1.29, 1.82) is 0 Å². The zero-order valence-corrected chi connectivity index (χ0v) is 10.6. The van der Waals surface area contributed by atoms with E-state index in [1.807, 2.05) is 0 Å². The first kappa shape index (κ1) is 12.0. The minimum Gasteiger partial charge on any atom is -0.416 e. The average molecular weight is 212 g/mol. The lowest BCUT2D eigenvalue weighted by Gasteiger charge is -2.34. The van der Waals surface area contributed by atoms with Gasteiger partial charge < -0.3 is 4.43 Å². The lowest BCUT2D eigenvalue weighted by molar-refractivity contribution is 0.266. The Balaban J connectivity index is 2.38. The molecule has 0 aromatic carbocycles. The molecule has 0 aromatic rings. The quantitative estimate of drug-likeness (QED) is 0.365. The van der Waals surface area contributed by atoms with Gasteiger partial charge in [-0.1, -0.05) is 38.7 Å². The molecule has 1 heterocycles. The van der Waals surface area contributed by atoms with E-state index in [0.29, 0.717) is 0 Å². The Morgan fingerprint density at radius 2 is 2.21 bits per heavy atom. The molecule has 1 rings (SSSR count). The van der Waals surface area contributed by atoms with E-state index in [1.54, 1.807) is 0 Å². The molecule has 14 heavy (non-hydrogen) atoms. The van der Waals surface area contributed by atoms with Crippen LogP contribution in [0.15, 0.2) is 12.7 Å². The van der Waals surface area contributed by atoms with Gasteiger partial charge in [0.05, 0.1) is 0 Å². The van der Waals surface area contributed by atoms with Crippen LogP contribution in [0.2, 0.25) is 18.1 Å². The molecule has 0 aliphatic carbocycles. The Bertz CT molecular complexity index is 162. The summed E-state index contributed by atoms with van der Waals surface area (Å²) >= 11 is 0. The van der Waals surface area contributed by atoms with Gasteiger partial charge in [0.25, 0.3) is 0 Å². The molecule has 1 nitrogen and oxygen atoms in total. The number of hydrogen-bond donors (Lipinski definition) is 0. The third-order valence-corrected chi connectivity index (χ3v) is 7.57. The van der Waals surface area contributed by atoms with Crippen LogP contribution in [0.25, 0.3) is 0 Å². The van der Waals surface area contributed by atoms with Gasteiger partial charge in [-0.3, -0.25) is 0 Å². The lowest BCUT2D eigenvalue weighted by Crippen LogP contribution is -2.40. The van der Waals surface area contributed by atoms with Crippen molar-refractivity contribution < 1.29 is 4.43 Å². The van der Waals surface area contributed by atoms with Crippen LogP contribution in [0.1, 0.15) is 39.0 Å². The van der Waals surface area contributed by atoms with Gasteiger partial charge in [0.15, 0.2) is 8.32 Å². The number of rotatable bonds is 6. The third kappa shape index (κ3) is 3.58. The van der Waals surface area contributed by atoms with Gasteiger partial charge in [-0.15, -0.1) is 6.58 Å².